The van der Waals surface area contributed by atoms with Crippen molar-refractivity contribution in [3.05, 3.63) is 24.5 Å². The van der Waals surface area contributed by atoms with Crippen molar-refractivity contribution in [2.75, 3.05) is 18.8 Å². The number of nitrogens with zero attached hydrogens (tertiary/aromatic N) is 5. The molecule has 25 heavy (non-hydrogen) atoms. The maximum absolute atomic E-state index is 12.6. The van der Waals surface area contributed by atoms with Crippen molar-refractivity contribution < 1.29 is 4.79 Å². The van der Waals surface area contributed by atoms with Crippen LogP contribution in [0.15, 0.2) is 29.7 Å². The highest BCUT2D eigenvalue weighted by Gasteiger charge is 2.18. The van der Waals surface area contributed by atoms with E-state index in [4.69, 9.17) is 0 Å². The van der Waals surface area contributed by atoms with Gasteiger partial charge in [0.2, 0.25) is 5.91 Å². The van der Waals surface area contributed by atoms with Gasteiger partial charge in [0.05, 0.1) is 5.75 Å². The number of hydrogen-bond donors (Lipinski definition) is 0. The van der Waals surface area contributed by atoms with E-state index < -0.39 is 0 Å². The maximum atomic E-state index is 12.6. The second-order valence-electron chi connectivity index (χ2n) is 6.98. The van der Waals surface area contributed by atoms with Crippen LogP contribution < -0.4 is 0 Å². The third kappa shape index (κ3) is 5.56. The molecular formula is C18H27N5OS. The monoisotopic (exact) mass is 361 g/mol. The van der Waals surface area contributed by atoms with Gasteiger partial charge in [-0.3, -0.25) is 9.78 Å². The van der Waals surface area contributed by atoms with Crippen LogP contribution >= 0.6 is 11.8 Å². The predicted octanol–water partition coefficient (Wildman–Crippen LogP) is 3.11. The molecule has 0 aromatic carbocycles. The minimum atomic E-state index is 0.151. The molecule has 0 N–H and O–H groups in total. The zero-order valence-corrected chi connectivity index (χ0v) is 16.5. The van der Waals surface area contributed by atoms with Gasteiger partial charge in [0, 0.05) is 38.1 Å². The Morgan fingerprint density at radius 1 is 1.20 bits per heavy atom. The number of carbonyl (C=O) groups is 1. The molecule has 0 aliphatic rings. The molecule has 7 heteroatoms. The fourth-order valence-corrected chi connectivity index (χ4v) is 3.38. The molecule has 0 atom stereocenters. The SMILES string of the molecule is CC(C)CN(CC(C)C)C(=O)CSc1nnc(-c2cccnc2)n1C. The number of thioether (sulfide) groups is 1. The molecule has 0 saturated heterocycles. The van der Waals surface area contributed by atoms with E-state index in [2.05, 4.69) is 42.9 Å². The van der Waals surface area contributed by atoms with Crippen LogP contribution in [0.5, 0.6) is 0 Å². The van der Waals surface area contributed by atoms with Crippen LogP contribution in [-0.2, 0) is 11.8 Å². The summed E-state index contributed by atoms with van der Waals surface area (Å²) in [6, 6.07) is 3.82. The van der Waals surface area contributed by atoms with E-state index in [1.807, 2.05) is 28.6 Å². The Bertz CT molecular complexity index is 674. The highest BCUT2D eigenvalue weighted by atomic mass is 32.2. The van der Waals surface area contributed by atoms with Crippen LogP contribution in [0.2, 0.25) is 0 Å². The van der Waals surface area contributed by atoms with Gasteiger partial charge < -0.3 is 9.47 Å². The summed E-state index contributed by atoms with van der Waals surface area (Å²) in [5.41, 5.74) is 0.914. The average molecular weight is 362 g/mol. The van der Waals surface area contributed by atoms with Crippen molar-refractivity contribution in [1.82, 2.24) is 24.6 Å². The van der Waals surface area contributed by atoms with Crippen LogP contribution in [0.3, 0.4) is 0 Å². The third-order valence-electron chi connectivity index (χ3n) is 3.60. The first-order valence-electron chi connectivity index (χ1n) is 8.58. The van der Waals surface area contributed by atoms with E-state index in [0.29, 0.717) is 17.6 Å². The number of carbonyl (C=O) groups excluding carboxylic acids is 1. The van der Waals surface area contributed by atoms with Gasteiger partial charge in [-0.2, -0.15) is 0 Å². The van der Waals surface area contributed by atoms with Crippen LogP contribution in [-0.4, -0.2) is 49.4 Å². The lowest BCUT2D eigenvalue weighted by molar-refractivity contribution is -0.129. The lowest BCUT2D eigenvalue weighted by Crippen LogP contribution is -2.38. The molecule has 0 saturated carbocycles. The first-order valence-corrected chi connectivity index (χ1v) is 9.57. The van der Waals surface area contributed by atoms with Gasteiger partial charge in [0.1, 0.15) is 0 Å². The highest BCUT2D eigenvalue weighted by molar-refractivity contribution is 7.99. The standard InChI is InChI=1S/C18H27N5OS/c1-13(2)10-23(11-14(3)4)16(24)12-25-18-21-20-17(22(18)5)15-7-6-8-19-9-15/h6-9,13-14H,10-12H2,1-5H3. The largest absolute Gasteiger partial charge is 0.341 e. The molecule has 136 valence electrons. The van der Waals surface area contributed by atoms with E-state index in [0.717, 1.165) is 29.6 Å². The summed E-state index contributed by atoms with van der Waals surface area (Å²) < 4.78 is 1.91. The summed E-state index contributed by atoms with van der Waals surface area (Å²) in [5.74, 6) is 2.19. The lowest BCUT2D eigenvalue weighted by Gasteiger charge is -2.26. The van der Waals surface area contributed by atoms with Crippen molar-refractivity contribution >= 4 is 17.7 Å². The van der Waals surface area contributed by atoms with Crippen LogP contribution in [0.4, 0.5) is 0 Å². The molecule has 1 amide bonds. The molecule has 6 nitrogen and oxygen atoms in total. The zero-order chi connectivity index (χ0) is 18.4. The zero-order valence-electron chi connectivity index (χ0n) is 15.6. The van der Waals surface area contributed by atoms with Crippen molar-refractivity contribution in [2.24, 2.45) is 18.9 Å². The van der Waals surface area contributed by atoms with E-state index in [9.17, 15) is 4.79 Å². The molecule has 0 aliphatic carbocycles. The van der Waals surface area contributed by atoms with Crippen molar-refractivity contribution in [3.8, 4) is 11.4 Å². The number of rotatable bonds is 8. The van der Waals surface area contributed by atoms with Gasteiger partial charge in [0.15, 0.2) is 11.0 Å². The van der Waals surface area contributed by atoms with Crippen LogP contribution in [0, 0.1) is 11.8 Å². The van der Waals surface area contributed by atoms with Gasteiger partial charge in [-0.05, 0) is 24.0 Å². The number of hydrogen-bond acceptors (Lipinski definition) is 5. The third-order valence-corrected chi connectivity index (χ3v) is 4.61. The Kier molecular flexibility index (Phi) is 6.99. The van der Waals surface area contributed by atoms with Gasteiger partial charge in [0.25, 0.3) is 0 Å². The predicted molar refractivity (Wildman–Crippen MR) is 101 cm³/mol. The van der Waals surface area contributed by atoms with Gasteiger partial charge >= 0.3 is 0 Å². The molecule has 0 bridgehead atoms. The van der Waals surface area contributed by atoms with Gasteiger partial charge in [-0.25, -0.2) is 0 Å². The Morgan fingerprint density at radius 2 is 1.88 bits per heavy atom. The number of aromatic nitrogens is 4. The summed E-state index contributed by atoms with van der Waals surface area (Å²) in [6.07, 6.45) is 3.49. The molecule has 2 rings (SSSR count). The van der Waals surface area contributed by atoms with E-state index in [1.165, 1.54) is 11.8 Å². The molecule has 0 spiro atoms. The average Bonchev–Trinajstić information content (AvgIpc) is 2.92. The quantitative estimate of drug-likeness (QED) is 0.676. The molecule has 2 heterocycles. The Labute approximate surface area is 154 Å². The molecule has 2 aromatic rings. The van der Waals surface area contributed by atoms with Crippen molar-refractivity contribution in [1.29, 1.82) is 0 Å². The number of pyridine rings is 1. The topological polar surface area (TPSA) is 63.9 Å². The molecule has 0 radical (unpaired) electrons. The summed E-state index contributed by atoms with van der Waals surface area (Å²) >= 11 is 1.43. The summed E-state index contributed by atoms with van der Waals surface area (Å²) in [5, 5.41) is 9.19. The Balaban J connectivity index is 2.02. The minimum absolute atomic E-state index is 0.151. The Hall–Kier alpha value is -1.89. The molecule has 0 fully saturated rings. The first-order chi connectivity index (χ1) is 11.9. The summed E-state index contributed by atoms with van der Waals surface area (Å²) in [7, 11) is 1.91. The fourth-order valence-electron chi connectivity index (χ4n) is 2.56. The lowest BCUT2D eigenvalue weighted by atomic mass is 10.1. The van der Waals surface area contributed by atoms with E-state index in [-0.39, 0.29) is 5.91 Å². The van der Waals surface area contributed by atoms with Gasteiger partial charge in [-0.15, -0.1) is 10.2 Å². The van der Waals surface area contributed by atoms with Gasteiger partial charge in [-0.1, -0.05) is 39.5 Å². The fraction of sp³-hybridized carbons (Fsp3) is 0.556. The highest BCUT2D eigenvalue weighted by Crippen LogP contribution is 2.22. The molecule has 2 aromatic heterocycles. The van der Waals surface area contributed by atoms with Crippen LogP contribution in [0.25, 0.3) is 11.4 Å². The summed E-state index contributed by atoms with van der Waals surface area (Å²) in [6.45, 7) is 10.1. The first kappa shape index (κ1) is 19.4. The second kappa shape index (κ2) is 8.99. The van der Waals surface area contributed by atoms with Crippen molar-refractivity contribution in [2.45, 2.75) is 32.9 Å². The van der Waals surface area contributed by atoms with E-state index in [1.54, 1.807) is 12.4 Å². The Morgan fingerprint density at radius 3 is 2.44 bits per heavy atom. The smallest absolute Gasteiger partial charge is 0.233 e. The molecular weight excluding hydrogens is 334 g/mol. The van der Waals surface area contributed by atoms with Crippen LogP contribution in [0.1, 0.15) is 27.7 Å². The number of amides is 1. The maximum Gasteiger partial charge on any atom is 0.233 e. The second-order valence-corrected chi connectivity index (χ2v) is 7.92. The van der Waals surface area contributed by atoms with Crippen molar-refractivity contribution in [3.63, 3.8) is 0 Å². The normalized spacial score (nSPS) is 11.3. The van der Waals surface area contributed by atoms with E-state index >= 15 is 0 Å². The molecule has 0 aliphatic heterocycles. The molecule has 0 unspecified atom stereocenters. The minimum Gasteiger partial charge on any atom is -0.341 e. The summed E-state index contributed by atoms with van der Waals surface area (Å²) in [4.78, 5) is 18.7.